The van der Waals surface area contributed by atoms with E-state index in [9.17, 15) is 9.59 Å². The Balaban J connectivity index is 2.10. The number of anilines is 1. The van der Waals surface area contributed by atoms with E-state index in [0.29, 0.717) is 11.6 Å². The average molecular weight is 276 g/mol. The molecule has 0 aliphatic carbocycles. The predicted octanol–water partition coefficient (Wildman–Crippen LogP) is -0.119. The van der Waals surface area contributed by atoms with E-state index in [2.05, 4.69) is 20.4 Å². The van der Waals surface area contributed by atoms with Gasteiger partial charge in [0.2, 0.25) is 5.91 Å². The van der Waals surface area contributed by atoms with Crippen LogP contribution in [0.3, 0.4) is 0 Å². The second-order valence-electron chi connectivity index (χ2n) is 4.38. The highest BCUT2D eigenvalue weighted by Crippen LogP contribution is 2.07. The first-order valence-corrected chi connectivity index (χ1v) is 6.22. The molecule has 0 saturated carbocycles. The maximum Gasteiger partial charge on any atom is 0.345 e. The van der Waals surface area contributed by atoms with Crippen molar-refractivity contribution < 1.29 is 4.79 Å². The minimum absolute atomic E-state index is 0.149. The van der Waals surface area contributed by atoms with Gasteiger partial charge in [-0.1, -0.05) is 6.92 Å². The SMILES string of the molecule is CCc1cc(NC(=O)Cn2ncn(C)c2=O)nc(C)n1. The molecule has 1 N–H and O–H groups in total. The molecule has 0 spiro atoms. The van der Waals surface area contributed by atoms with Gasteiger partial charge in [-0.2, -0.15) is 5.10 Å². The third-order valence-electron chi connectivity index (χ3n) is 2.70. The highest BCUT2D eigenvalue weighted by Gasteiger charge is 2.09. The largest absolute Gasteiger partial charge is 0.345 e. The number of nitrogens with one attached hydrogen (secondary N) is 1. The van der Waals surface area contributed by atoms with Crippen molar-refractivity contribution >= 4 is 11.7 Å². The van der Waals surface area contributed by atoms with Crippen molar-refractivity contribution in [1.29, 1.82) is 0 Å². The molecule has 20 heavy (non-hydrogen) atoms. The zero-order valence-electron chi connectivity index (χ0n) is 11.6. The number of amides is 1. The third kappa shape index (κ3) is 3.08. The summed E-state index contributed by atoms with van der Waals surface area (Å²) >= 11 is 0. The van der Waals surface area contributed by atoms with Gasteiger partial charge in [0, 0.05) is 18.8 Å². The number of carbonyl (C=O) groups is 1. The molecule has 0 bridgehead atoms. The Morgan fingerprint density at radius 1 is 1.40 bits per heavy atom. The minimum atomic E-state index is -0.356. The molecule has 0 radical (unpaired) electrons. The Labute approximate surface area is 115 Å². The van der Waals surface area contributed by atoms with Gasteiger partial charge in [-0.05, 0) is 13.3 Å². The number of rotatable bonds is 4. The van der Waals surface area contributed by atoms with Crippen LogP contribution in [-0.2, 0) is 24.8 Å². The topological polar surface area (TPSA) is 94.7 Å². The van der Waals surface area contributed by atoms with Crippen molar-refractivity contribution in [3.8, 4) is 0 Å². The smallest absolute Gasteiger partial charge is 0.309 e. The van der Waals surface area contributed by atoms with Crippen molar-refractivity contribution in [1.82, 2.24) is 24.3 Å². The highest BCUT2D eigenvalue weighted by atomic mass is 16.2. The molecule has 2 aromatic heterocycles. The lowest BCUT2D eigenvalue weighted by Crippen LogP contribution is -2.29. The van der Waals surface area contributed by atoms with Gasteiger partial charge in [-0.25, -0.2) is 19.4 Å². The number of carbonyl (C=O) groups excluding carboxylic acids is 1. The molecule has 0 saturated heterocycles. The quantitative estimate of drug-likeness (QED) is 0.840. The van der Waals surface area contributed by atoms with E-state index in [1.807, 2.05) is 6.92 Å². The van der Waals surface area contributed by atoms with Gasteiger partial charge in [-0.3, -0.25) is 9.36 Å². The van der Waals surface area contributed by atoms with E-state index >= 15 is 0 Å². The molecule has 2 heterocycles. The zero-order chi connectivity index (χ0) is 14.7. The van der Waals surface area contributed by atoms with Gasteiger partial charge in [0.05, 0.1) is 0 Å². The number of aromatic nitrogens is 5. The van der Waals surface area contributed by atoms with E-state index in [1.54, 1.807) is 20.0 Å². The molecule has 1 amide bonds. The van der Waals surface area contributed by atoms with Gasteiger partial charge < -0.3 is 5.32 Å². The second-order valence-corrected chi connectivity index (χ2v) is 4.38. The lowest BCUT2D eigenvalue weighted by atomic mass is 10.3. The summed E-state index contributed by atoms with van der Waals surface area (Å²) < 4.78 is 2.39. The van der Waals surface area contributed by atoms with Gasteiger partial charge in [0.25, 0.3) is 0 Å². The third-order valence-corrected chi connectivity index (χ3v) is 2.70. The maximum absolute atomic E-state index is 11.9. The first-order chi connectivity index (χ1) is 9.49. The van der Waals surface area contributed by atoms with Gasteiger partial charge in [0.15, 0.2) is 0 Å². The van der Waals surface area contributed by atoms with Crippen LogP contribution in [0.15, 0.2) is 17.2 Å². The van der Waals surface area contributed by atoms with Gasteiger partial charge >= 0.3 is 5.69 Å². The molecule has 8 heteroatoms. The predicted molar refractivity (Wildman–Crippen MR) is 72.2 cm³/mol. The first kappa shape index (κ1) is 13.9. The molecule has 106 valence electrons. The van der Waals surface area contributed by atoms with Crippen LogP contribution in [0.1, 0.15) is 18.4 Å². The molecule has 0 aliphatic heterocycles. The summed E-state index contributed by atoms with van der Waals surface area (Å²) in [5.41, 5.74) is 0.510. The summed E-state index contributed by atoms with van der Waals surface area (Å²) in [5, 5.41) is 6.47. The Kier molecular flexibility index (Phi) is 3.92. The van der Waals surface area contributed by atoms with Crippen molar-refractivity contribution in [3.63, 3.8) is 0 Å². The molecule has 0 atom stereocenters. The van der Waals surface area contributed by atoms with Crippen molar-refractivity contribution in [2.75, 3.05) is 5.32 Å². The first-order valence-electron chi connectivity index (χ1n) is 6.22. The van der Waals surface area contributed by atoms with Crippen molar-refractivity contribution in [2.24, 2.45) is 7.05 Å². The van der Waals surface area contributed by atoms with E-state index in [1.165, 1.54) is 10.9 Å². The van der Waals surface area contributed by atoms with Crippen molar-refractivity contribution in [2.45, 2.75) is 26.8 Å². The zero-order valence-corrected chi connectivity index (χ0v) is 11.6. The fourth-order valence-corrected chi connectivity index (χ4v) is 1.72. The minimum Gasteiger partial charge on any atom is -0.309 e. The van der Waals surface area contributed by atoms with Crippen LogP contribution in [0, 0.1) is 6.92 Å². The highest BCUT2D eigenvalue weighted by molar-refractivity contribution is 5.89. The van der Waals surface area contributed by atoms with Crippen LogP contribution < -0.4 is 11.0 Å². The fraction of sp³-hybridized carbons (Fsp3) is 0.417. The Bertz CT molecular complexity index is 687. The molecular formula is C12H16N6O2. The summed E-state index contributed by atoms with van der Waals surface area (Å²) in [6, 6.07) is 1.71. The van der Waals surface area contributed by atoms with Crippen LogP contribution in [-0.4, -0.2) is 30.2 Å². The molecule has 2 aromatic rings. The van der Waals surface area contributed by atoms with Gasteiger partial charge in [0.1, 0.15) is 24.5 Å². The summed E-state index contributed by atoms with van der Waals surface area (Å²) in [5.74, 6) is 0.670. The van der Waals surface area contributed by atoms with Crippen LogP contribution in [0.4, 0.5) is 5.82 Å². The Morgan fingerprint density at radius 3 is 2.75 bits per heavy atom. The molecular weight excluding hydrogens is 260 g/mol. The van der Waals surface area contributed by atoms with E-state index in [0.717, 1.165) is 16.8 Å². The number of hydrogen-bond donors (Lipinski definition) is 1. The lowest BCUT2D eigenvalue weighted by Gasteiger charge is -2.06. The van der Waals surface area contributed by atoms with E-state index in [-0.39, 0.29) is 18.1 Å². The van der Waals surface area contributed by atoms with Crippen LogP contribution >= 0.6 is 0 Å². The summed E-state index contributed by atoms with van der Waals surface area (Å²) in [7, 11) is 1.57. The summed E-state index contributed by atoms with van der Waals surface area (Å²) in [4.78, 5) is 31.8. The normalized spacial score (nSPS) is 10.6. The molecule has 8 nitrogen and oxygen atoms in total. The standard InChI is InChI=1S/C12H16N6O2/c1-4-9-5-10(15-8(2)14-9)16-11(19)6-18-12(20)17(3)7-13-18/h5,7H,4,6H2,1-3H3,(H,14,15,16,19). The Morgan fingerprint density at radius 2 is 2.15 bits per heavy atom. The van der Waals surface area contributed by atoms with E-state index in [4.69, 9.17) is 0 Å². The number of aryl methyl sites for hydroxylation is 3. The average Bonchev–Trinajstić information content (AvgIpc) is 2.70. The number of nitrogens with zero attached hydrogens (tertiary/aromatic N) is 5. The van der Waals surface area contributed by atoms with Gasteiger partial charge in [-0.15, -0.1) is 0 Å². The molecule has 2 rings (SSSR count). The van der Waals surface area contributed by atoms with E-state index < -0.39 is 0 Å². The summed E-state index contributed by atoms with van der Waals surface area (Å²) in [6.07, 6.45) is 2.12. The monoisotopic (exact) mass is 276 g/mol. The second kappa shape index (κ2) is 5.64. The molecule has 0 aromatic carbocycles. The number of hydrogen-bond acceptors (Lipinski definition) is 5. The fourth-order valence-electron chi connectivity index (χ4n) is 1.72. The summed E-state index contributed by atoms with van der Waals surface area (Å²) in [6.45, 7) is 3.59. The van der Waals surface area contributed by atoms with Crippen LogP contribution in [0.5, 0.6) is 0 Å². The maximum atomic E-state index is 11.9. The Hall–Kier alpha value is -2.51. The lowest BCUT2D eigenvalue weighted by molar-refractivity contribution is -0.117. The van der Waals surface area contributed by atoms with Crippen molar-refractivity contribution in [3.05, 3.63) is 34.4 Å². The van der Waals surface area contributed by atoms with Crippen LogP contribution in [0.2, 0.25) is 0 Å². The van der Waals surface area contributed by atoms with Crippen LogP contribution in [0.25, 0.3) is 0 Å². The molecule has 0 fully saturated rings. The molecule has 0 aliphatic rings. The molecule has 0 unspecified atom stereocenters.